The van der Waals surface area contributed by atoms with E-state index in [1.807, 2.05) is 42.5 Å². The van der Waals surface area contributed by atoms with Gasteiger partial charge in [-0.15, -0.1) is 0 Å². The van der Waals surface area contributed by atoms with Crippen LogP contribution in [0.25, 0.3) is 0 Å². The van der Waals surface area contributed by atoms with Crippen LogP contribution in [0.15, 0.2) is 60.8 Å². The first kappa shape index (κ1) is 24.2. The maximum atomic E-state index is 13.3. The zero-order valence-corrected chi connectivity index (χ0v) is 21.1. The van der Waals surface area contributed by atoms with E-state index in [-0.39, 0.29) is 18.2 Å². The predicted octanol–water partition coefficient (Wildman–Crippen LogP) is 3.04. The lowest BCUT2D eigenvalue weighted by Gasteiger charge is -2.52. The van der Waals surface area contributed by atoms with E-state index >= 15 is 0 Å². The van der Waals surface area contributed by atoms with Crippen molar-refractivity contribution in [2.45, 2.75) is 18.9 Å². The Labute approximate surface area is 220 Å². The molecule has 5 heterocycles. The van der Waals surface area contributed by atoms with E-state index in [9.17, 15) is 9.59 Å². The van der Waals surface area contributed by atoms with Gasteiger partial charge in [0.05, 0.1) is 0 Å². The lowest BCUT2D eigenvalue weighted by molar-refractivity contribution is -0.120. The number of ether oxygens (including phenoxy) is 3. The van der Waals surface area contributed by atoms with Gasteiger partial charge in [0, 0.05) is 51.0 Å². The minimum absolute atomic E-state index is 0.0179. The van der Waals surface area contributed by atoms with E-state index in [0.29, 0.717) is 28.5 Å². The molecule has 0 radical (unpaired) electrons. The van der Waals surface area contributed by atoms with Gasteiger partial charge in [-0.1, -0.05) is 18.2 Å². The highest BCUT2D eigenvalue weighted by Gasteiger charge is 2.44. The smallest absolute Gasteiger partial charge is 0.270 e. The zero-order chi connectivity index (χ0) is 26.1. The Hall–Kier alpha value is -4.18. The third kappa shape index (κ3) is 4.74. The Bertz CT molecular complexity index is 1340. The number of benzene rings is 1. The van der Waals surface area contributed by atoms with E-state index in [4.69, 9.17) is 19.2 Å². The number of pyridine rings is 2. The molecule has 0 aliphatic carbocycles. The number of anilines is 2. The average Bonchev–Trinajstić information content (AvgIpc) is 3.04. The molecule has 1 N–H and O–H groups in total. The molecule has 2 fully saturated rings. The summed E-state index contributed by atoms with van der Waals surface area (Å²) in [7, 11) is 1.65. The molecule has 38 heavy (non-hydrogen) atoms. The normalized spacial score (nSPS) is 20.1. The summed E-state index contributed by atoms with van der Waals surface area (Å²) in [5, 5.41) is 2.76. The highest BCUT2D eigenvalue weighted by molar-refractivity contribution is 6.02. The van der Waals surface area contributed by atoms with Crippen LogP contribution in [0, 0.1) is 5.41 Å². The van der Waals surface area contributed by atoms with Gasteiger partial charge in [-0.05, 0) is 43.2 Å². The summed E-state index contributed by atoms with van der Waals surface area (Å²) in [6.45, 7) is 3.46. The fourth-order valence-corrected chi connectivity index (χ4v) is 5.14. The third-order valence-corrected chi connectivity index (χ3v) is 7.35. The van der Waals surface area contributed by atoms with Gasteiger partial charge in [-0.25, -0.2) is 4.98 Å². The molecule has 3 aliphatic rings. The van der Waals surface area contributed by atoms with Crippen LogP contribution in [-0.2, 0) is 9.53 Å². The van der Waals surface area contributed by atoms with E-state index in [0.717, 1.165) is 45.0 Å². The number of amides is 2. The Morgan fingerprint density at radius 2 is 1.87 bits per heavy atom. The summed E-state index contributed by atoms with van der Waals surface area (Å²) >= 11 is 0. The van der Waals surface area contributed by atoms with Gasteiger partial charge in [0.1, 0.15) is 35.7 Å². The van der Waals surface area contributed by atoms with Gasteiger partial charge in [-0.2, -0.15) is 0 Å². The quantitative estimate of drug-likeness (QED) is 0.553. The van der Waals surface area contributed by atoms with Crippen molar-refractivity contribution in [3.63, 3.8) is 0 Å². The summed E-state index contributed by atoms with van der Waals surface area (Å²) in [5.41, 5.74) is 0.438. The second-order valence-corrected chi connectivity index (χ2v) is 9.99. The van der Waals surface area contributed by atoms with E-state index < -0.39 is 11.9 Å². The summed E-state index contributed by atoms with van der Waals surface area (Å²) < 4.78 is 17.2. The molecule has 10 nitrogen and oxygen atoms in total. The highest BCUT2D eigenvalue weighted by Crippen LogP contribution is 2.42. The van der Waals surface area contributed by atoms with Gasteiger partial charge in [0.15, 0.2) is 11.6 Å². The summed E-state index contributed by atoms with van der Waals surface area (Å²) in [6, 6.07) is 15.3. The fraction of sp³-hybridized carbons (Fsp3) is 0.357. The number of para-hydroxylation sites is 1. The minimum atomic E-state index is -0.903. The van der Waals surface area contributed by atoms with E-state index in [1.165, 1.54) is 17.2 Å². The van der Waals surface area contributed by atoms with Crippen LogP contribution in [0.4, 0.5) is 11.6 Å². The summed E-state index contributed by atoms with van der Waals surface area (Å²) in [5.74, 6) is 2.04. The first-order chi connectivity index (χ1) is 18.5. The molecule has 6 rings (SSSR count). The number of likely N-dealkylation sites (N-methyl/N-ethyl adjacent to an activating group) is 1. The molecule has 2 amide bonds. The topological polar surface area (TPSA) is 106 Å². The fourth-order valence-electron chi connectivity index (χ4n) is 5.14. The van der Waals surface area contributed by atoms with Crippen molar-refractivity contribution < 1.29 is 23.8 Å². The minimum Gasteiger partial charge on any atom is -0.487 e. The number of hydrogen-bond donors (Lipinski definition) is 1. The standard InChI is InChI=1S/C28H29N5O5/c1-32-25-23(7-8-24(31-25)33-17-28(18-33)10-13-36-14-11-28)37-16-22(27(32)35)30-26(34)21-15-20(9-12-29-21)38-19-5-3-2-4-6-19/h2-9,12,15,22H,10-11,13-14,16-18H2,1H3,(H,30,34). The van der Waals surface area contributed by atoms with Crippen LogP contribution in [0.3, 0.4) is 0 Å². The predicted molar refractivity (Wildman–Crippen MR) is 140 cm³/mol. The number of hydrogen-bond acceptors (Lipinski definition) is 8. The highest BCUT2D eigenvalue weighted by atomic mass is 16.5. The van der Waals surface area contributed by atoms with Gasteiger partial charge < -0.3 is 24.4 Å². The Kier molecular flexibility index (Phi) is 6.32. The first-order valence-corrected chi connectivity index (χ1v) is 12.7. The Morgan fingerprint density at radius 1 is 1.08 bits per heavy atom. The van der Waals surface area contributed by atoms with Gasteiger partial charge in [-0.3, -0.25) is 19.5 Å². The number of carbonyl (C=O) groups excluding carboxylic acids is 2. The molecule has 1 atom stereocenters. The molecule has 10 heteroatoms. The van der Waals surface area contributed by atoms with Gasteiger partial charge in [0.2, 0.25) is 0 Å². The van der Waals surface area contributed by atoms with Crippen LogP contribution >= 0.6 is 0 Å². The third-order valence-electron chi connectivity index (χ3n) is 7.35. The molecular weight excluding hydrogens is 486 g/mol. The van der Waals surface area contributed by atoms with E-state index in [1.54, 1.807) is 13.1 Å². The lowest BCUT2D eigenvalue weighted by atomic mass is 9.73. The average molecular weight is 516 g/mol. The molecule has 2 saturated heterocycles. The van der Waals surface area contributed by atoms with Crippen molar-refractivity contribution in [2.24, 2.45) is 5.41 Å². The molecule has 0 bridgehead atoms. The number of fused-ring (bicyclic) bond motifs is 1. The maximum absolute atomic E-state index is 13.3. The van der Waals surface area contributed by atoms with E-state index in [2.05, 4.69) is 15.2 Å². The number of carbonyl (C=O) groups is 2. The molecule has 196 valence electrons. The molecule has 1 spiro atoms. The van der Waals surface area contributed by atoms with Crippen LogP contribution in [-0.4, -0.2) is 67.8 Å². The summed E-state index contributed by atoms with van der Waals surface area (Å²) in [6.07, 6.45) is 3.62. The van der Waals surface area contributed by atoms with Crippen molar-refractivity contribution in [1.29, 1.82) is 0 Å². The Morgan fingerprint density at radius 3 is 2.66 bits per heavy atom. The largest absolute Gasteiger partial charge is 0.487 e. The molecule has 2 aromatic heterocycles. The Balaban J connectivity index is 1.13. The second kappa shape index (κ2) is 9.94. The lowest BCUT2D eigenvalue weighted by Crippen LogP contribution is -2.58. The van der Waals surface area contributed by atoms with Gasteiger partial charge >= 0.3 is 0 Å². The van der Waals surface area contributed by atoms with Gasteiger partial charge in [0.25, 0.3) is 11.8 Å². The monoisotopic (exact) mass is 515 g/mol. The van der Waals surface area contributed by atoms with Crippen molar-refractivity contribution in [3.05, 3.63) is 66.5 Å². The maximum Gasteiger partial charge on any atom is 0.270 e. The molecule has 1 unspecified atom stereocenters. The molecule has 3 aromatic rings. The number of nitrogens with one attached hydrogen (secondary N) is 1. The van der Waals surface area contributed by atoms with Crippen LogP contribution in [0.2, 0.25) is 0 Å². The first-order valence-electron chi connectivity index (χ1n) is 12.7. The number of aromatic nitrogens is 2. The summed E-state index contributed by atoms with van der Waals surface area (Å²) in [4.78, 5) is 38.9. The van der Waals surface area contributed by atoms with Crippen molar-refractivity contribution in [3.8, 4) is 17.2 Å². The molecule has 0 saturated carbocycles. The van der Waals surface area contributed by atoms with Crippen molar-refractivity contribution in [2.75, 3.05) is 49.8 Å². The second-order valence-electron chi connectivity index (χ2n) is 9.99. The number of nitrogens with zero attached hydrogens (tertiary/aromatic N) is 4. The van der Waals surface area contributed by atoms with Crippen molar-refractivity contribution in [1.82, 2.24) is 15.3 Å². The van der Waals surface area contributed by atoms with Crippen LogP contribution in [0.1, 0.15) is 23.3 Å². The van der Waals surface area contributed by atoms with Crippen LogP contribution < -0.4 is 24.6 Å². The zero-order valence-electron chi connectivity index (χ0n) is 21.1. The molecule has 1 aromatic carbocycles. The van der Waals surface area contributed by atoms with Crippen molar-refractivity contribution >= 4 is 23.5 Å². The number of rotatable bonds is 5. The SMILES string of the molecule is CN1C(=O)C(NC(=O)c2cc(Oc3ccccc3)ccn2)COc2ccc(N3CC4(CCOCC4)C3)nc21. The molecular formula is C28H29N5O5. The molecule has 3 aliphatic heterocycles. The van der Waals surface area contributed by atoms with Crippen LogP contribution in [0.5, 0.6) is 17.2 Å².